The number of carbonyl (C=O) groups is 1. The molecule has 1 aliphatic rings. The molecule has 3 aromatic rings. The number of fused-ring (bicyclic) bond motifs is 1. The number of cyclic esters (lactones) is 1. The SMILES string of the molecule is CCOc1c([C@@H](C)n2nc(C)c3c(N)ncnc32)cc(Cl)c(F)c1[C@H]1COC(=O)N1. The van der Waals surface area contributed by atoms with Crippen molar-refractivity contribution in [1.82, 2.24) is 25.1 Å². The lowest BCUT2D eigenvalue weighted by atomic mass is 9.98. The van der Waals surface area contributed by atoms with Gasteiger partial charge < -0.3 is 20.5 Å². The number of halogens is 2. The number of amides is 1. The molecule has 1 aromatic carbocycles. The summed E-state index contributed by atoms with van der Waals surface area (Å²) in [7, 11) is 0. The standard InChI is InChI=1S/C19H20ClFN6O3/c1-4-29-16-10(5-11(20)15(21)14(16)12-6-30-19(28)25-12)9(3)27-18-13(8(2)26-27)17(22)23-7-24-18/h5,7,9,12H,4,6H2,1-3H3,(H,25,28)(H2,22,23,24)/t9-,12-/m1/s1. The fraction of sp³-hybridized carbons (Fsp3) is 0.368. The molecular formula is C19H20ClFN6O3. The summed E-state index contributed by atoms with van der Waals surface area (Å²) in [6.45, 7) is 5.71. The maximum atomic E-state index is 15.0. The first-order valence-electron chi connectivity index (χ1n) is 9.36. The van der Waals surface area contributed by atoms with Crippen LogP contribution in [0.15, 0.2) is 12.4 Å². The van der Waals surface area contributed by atoms with Crippen molar-refractivity contribution in [2.75, 3.05) is 18.9 Å². The van der Waals surface area contributed by atoms with Crippen molar-refractivity contribution >= 4 is 34.5 Å². The molecule has 11 heteroatoms. The maximum absolute atomic E-state index is 15.0. The summed E-state index contributed by atoms with van der Waals surface area (Å²) >= 11 is 6.23. The fourth-order valence-corrected chi connectivity index (χ4v) is 3.91. The highest BCUT2D eigenvalue weighted by Crippen LogP contribution is 2.41. The number of benzene rings is 1. The summed E-state index contributed by atoms with van der Waals surface area (Å²) in [5, 5.41) is 7.70. The summed E-state index contributed by atoms with van der Waals surface area (Å²) in [4.78, 5) is 19.9. The third kappa shape index (κ3) is 3.17. The molecule has 0 bridgehead atoms. The summed E-state index contributed by atoms with van der Waals surface area (Å²) in [5.41, 5.74) is 7.92. The zero-order chi connectivity index (χ0) is 21.6. The van der Waals surface area contributed by atoms with E-state index in [0.29, 0.717) is 28.1 Å². The van der Waals surface area contributed by atoms with E-state index < -0.39 is 24.0 Å². The number of alkyl carbamates (subject to hydrolysis) is 1. The Labute approximate surface area is 176 Å². The zero-order valence-corrected chi connectivity index (χ0v) is 17.3. The predicted octanol–water partition coefficient (Wildman–Crippen LogP) is 3.30. The van der Waals surface area contributed by atoms with Gasteiger partial charge in [0.25, 0.3) is 0 Å². The molecule has 1 fully saturated rings. The second kappa shape index (κ2) is 7.60. The average molecular weight is 435 g/mol. The van der Waals surface area contributed by atoms with Crippen LogP contribution in [0.25, 0.3) is 11.0 Å². The lowest BCUT2D eigenvalue weighted by Crippen LogP contribution is -2.22. The second-order valence-electron chi connectivity index (χ2n) is 6.90. The number of nitrogens with one attached hydrogen (secondary N) is 1. The Morgan fingerprint density at radius 1 is 1.50 bits per heavy atom. The highest BCUT2D eigenvalue weighted by molar-refractivity contribution is 6.31. The molecule has 0 spiro atoms. The van der Waals surface area contributed by atoms with E-state index in [-0.39, 0.29) is 29.5 Å². The van der Waals surface area contributed by atoms with Gasteiger partial charge in [-0.25, -0.2) is 23.8 Å². The molecule has 1 amide bonds. The van der Waals surface area contributed by atoms with Crippen molar-refractivity contribution in [3.05, 3.63) is 40.1 Å². The molecule has 0 aliphatic carbocycles. The predicted molar refractivity (Wildman–Crippen MR) is 108 cm³/mol. The van der Waals surface area contributed by atoms with Crippen molar-refractivity contribution in [3.63, 3.8) is 0 Å². The number of nitrogen functional groups attached to an aromatic ring is 1. The number of carbonyl (C=O) groups excluding carboxylic acids is 1. The lowest BCUT2D eigenvalue weighted by Gasteiger charge is -2.23. The number of nitrogens with zero attached hydrogens (tertiary/aromatic N) is 4. The molecule has 3 heterocycles. The van der Waals surface area contributed by atoms with E-state index in [2.05, 4.69) is 20.4 Å². The number of hydrogen-bond donors (Lipinski definition) is 2. The molecule has 158 valence electrons. The van der Waals surface area contributed by atoms with E-state index in [1.807, 2.05) is 13.8 Å². The molecule has 2 atom stereocenters. The highest BCUT2D eigenvalue weighted by Gasteiger charge is 2.34. The molecular weight excluding hydrogens is 415 g/mol. The van der Waals surface area contributed by atoms with E-state index in [1.54, 1.807) is 11.6 Å². The maximum Gasteiger partial charge on any atom is 0.407 e. The topological polar surface area (TPSA) is 117 Å². The van der Waals surface area contributed by atoms with Crippen LogP contribution in [0, 0.1) is 12.7 Å². The van der Waals surface area contributed by atoms with Crippen LogP contribution in [0.5, 0.6) is 5.75 Å². The first-order valence-corrected chi connectivity index (χ1v) is 9.74. The molecule has 0 radical (unpaired) electrons. The summed E-state index contributed by atoms with van der Waals surface area (Å²) < 4.78 is 27.5. The Bertz CT molecular complexity index is 1150. The van der Waals surface area contributed by atoms with Gasteiger partial charge in [0, 0.05) is 5.56 Å². The Morgan fingerprint density at radius 3 is 2.93 bits per heavy atom. The third-order valence-corrected chi connectivity index (χ3v) is 5.33. The molecule has 30 heavy (non-hydrogen) atoms. The van der Waals surface area contributed by atoms with Crippen LogP contribution in [-0.4, -0.2) is 39.1 Å². The molecule has 9 nitrogen and oxygen atoms in total. The first-order chi connectivity index (χ1) is 14.3. The third-order valence-electron chi connectivity index (χ3n) is 5.06. The van der Waals surface area contributed by atoms with Gasteiger partial charge in [0.05, 0.1) is 40.4 Å². The fourth-order valence-electron chi connectivity index (χ4n) is 3.69. The number of aryl methyl sites for hydroxylation is 1. The summed E-state index contributed by atoms with van der Waals surface area (Å²) in [6.07, 6.45) is 0.734. The van der Waals surface area contributed by atoms with Crippen LogP contribution >= 0.6 is 11.6 Å². The van der Waals surface area contributed by atoms with Gasteiger partial charge in [0.2, 0.25) is 0 Å². The van der Waals surface area contributed by atoms with Crippen LogP contribution < -0.4 is 15.8 Å². The van der Waals surface area contributed by atoms with E-state index in [1.165, 1.54) is 12.4 Å². The van der Waals surface area contributed by atoms with Crippen molar-refractivity contribution in [2.24, 2.45) is 0 Å². The number of hydrogen-bond acceptors (Lipinski definition) is 7. The van der Waals surface area contributed by atoms with Crippen LogP contribution in [0.4, 0.5) is 15.0 Å². The first kappa shape index (κ1) is 20.1. The van der Waals surface area contributed by atoms with Crippen LogP contribution in [0.1, 0.15) is 42.8 Å². The number of aromatic nitrogens is 4. The van der Waals surface area contributed by atoms with Gasteiger partial charge >= 0.3 is 6.09 Å². The molecule has 1 saturated heterocycles. The van der Waals surface area contributed by atoms with Crippen molar-refractivity contribution in [3.8, 4) is 5.75 Å². The highest BCUT2D eigenvalue weighted by atomic mass is 35.5. The van der Waals surface area contributed by atoms with Crippen molar-refractivity contribution < 1.29 is 18.7 Å². The van der Waals surface area contributed by atoms with Gasteiger partial charge in [-0.1, -0.05) is 11.6 Å². The normalized spacial score (nSPS) is 17.1. The van der Waals surface area contributed by atoms with E-state index in [0.717, 1.165) is 0 Å². The monoisotopic (exact) mass is 434 g/mol. The van der Waals surface area contributed by atoms with Gasteiger partial charge in [0.15, 0.2) is 11.5 Å². The quantitative estimate of drug-likeness (QED) is 0.632. The van der Waals surface area contributed by atoms with Gasteiger partial charge in [-0.2, -0.15) is 5.10 Å². The summed E-state index contributed by atoms with van der Waals surface area (Å²) in [6, 6.07) is 0.339. The van der Waals surface area contributed by atoms with Gasteiger partial charge in [0.1, 0.15) is 24.5 Å². The molecule has 4 rings (SSSR count). The molecule has 0 unspecified atom stereocenters. The van der Waals surface area contributed by atoms with E-state index in [4.69, 9.17) is 26.8 Å². The number of ether oxygens (including phenoxy) is 2. The van der Waals surface area contributed by atoms with Crippen molar-refractivity contribution in [1.29, 1.82) is 0 Å². The zero-order valence-electron chi connectivity index (χ0n) is 16.6. The van der Waals surface area contributed by atoms with E-state index >= 15 is 4.39 Å². The molecule has 0 saturated carbocycles. The number of nitrogens with two attached hydrogens (primary N) is 1. The van der Waals surface area contributed by atoms with E-state index in [9.17, 15) is 4.79 Å². The number of anilines is 1. The van der Waals surface area contributed by atoms with Crippen LogP contribution in [0.3, 0.4) is 0 Å². The largest absolute Gasteiger partial charge is 0.493 e. The molecule has 3 N–H and O–H groups in total. The Balaban J connectivity index is 1.91. The minimum atomic E-state index is -0.724. The molecule has 2 aromatic heterocycles. The smallest absolute Gasteiger partial charge is 0.407 e. The van der Waals surface area contributed by atoms with Crippen molar-refractivity contribution in [2.45, 2.75) is 32.9 Å². The minimum Gasteiger partial charge on any atom is -0.493 e. The minimum absolute atomic E-state index is 0.0302. The van der Waals surface area contributed by atoms with Gasteiger partial charge in [-0.3, -0.25) is 0 Å². The molecule has 1 aliphatic heterocycles. The average Bonchev–Trinajstić information content (AvgIpc) is 3.28. The van der Waals surface area contributed by atoms with Gasteiger partial charge in [-0.05, 0) is 26.8 Å². The van der Waals surface area contributed by atoms with Crippen LogP contribution in [0.2, 0.25) is 5.02 Å². The summed E-state index contributed by atoms with van der Waals surface area (Å²) in [5.74, 6) is -0.0596. The van der Waals surface area contributed by atoms with Gasteiger partial charge in [-0.15, -0.1) is 0 Å². The lowest BCUT2D eigenvalue weighted by molar-refractivity contribution is 0.176. The Kier molecular flexibility index (Phi) is 5.10. The van der Waals surface area contributed by atoms with Crippen LogP contribution in [-0.2, 0) is 4.74 Å². The second-order valence-corrected chi connectivity index (χ2v) is 7.30. The number of rotatable bonds is 5. The Hall–Kier alpha value is -3.14. The Morgan fingerprint density at radius 2 is 2.27 bits per heavy atom.